The predicted molar refractivity (Wildman–Crippen MR) is 146 cm³/mol. The van der Waals surface area contributed by atoms with Gasteiger partial charge in [0.2, 0.25) is 0 Å². The molecule has 40 heavy (non-hydrogen) atoms. The minimum Gasteiger partial charge on any atom is -0.478 e. The third kappa shape index (κ3) is 9.30. The Morgan fingerprint density at radius 3 is 2.10 bits per heavy atom. The van der Waals surface area contributed by atoms with Gasteiger partial charge in [-0.1, -0.05) is 61.4 Å². The lowest BCUT2D eigenvalue weighted by atomic mass is 10.1. The third-order valence-electron chi connectivity index (χ3n) is 5.68. The zero-order valence-electron chi connectivity index (χ0n) is 22.2. The highest BCUT2D eigenvalue weighted by Crippen LogP contribution is 2.28. The van der Waals surface area contributed by atoms with Gasteiger partial charge in [-0.2, -0.15) is 13.2 Å². The molecule has 0 saturated heterocycles. The van der Waals surface area contributed by atoms with Crippen LogP contribution in [0.1, 0.15) is 46.8 Å². The smallest absolute Gasteiger partial charge is 0.478 e. The number of alkyl halides is 3. The zero-order chi connectivity index (χ0) is 30.1. The molecule has 8 nitrogen and oxygen atoms in total. The quantitative estimate of drug-likeness (QED) is 0.259. The number of sulfonamides is 1. The van der Waals surface area contributed by atoms with Gasteiger partial charge in [-0.25, -0.2) is 18.0 Å². The van der Waals surface area contributed by atoms with Crippen LogP contribution >= 0.6 is 0 Å². The van der Waals surface area contributed by atoms with E-state index in [9.17, 15) is 31.5 Å². The summed E-state index contributed by atoms with van der Waals surface area (Å²) in [5.74, 6) is -3.86. The highest BCUT2D eigenvalue weighted by atomic mass is 32.2. The van der Waals surface area contributed by atoms with Crippen LogP contribution in [-0.4, -0.2) is 43.3 Å². The summed E-state index contributed by atoms with van der Waals surface area (Å²) in [6, 6.07) is 19.7. The molecule has 0 heterocycles. The van der Waals surface area contributed by atoms with Gasteiger partial charge >= 0.3 is 18.1 Å². The summed E-state index contributed by atoms with van der Waals surface area (Å²) >= 11 is 0. The molecule has 0 aliphatic carbocycles. The number of aliphatic carboxylic acids is 1. The Morgan fingerprint density at radius 1 is 0.950 bits per heavy atom. The number of carbonyl (C=O) groups is 2. The highest BCUT2D eigenvalue weighted by molar-refractivity contribution is 7.92. The second-order valence-corrected chi connectivity index (χ2v) is 10.6. The maximum Gasteiger partial charge on any atom is 0.490 e. The summed E-state index contributed by atoms with van der Waals surface area (Å²) in [5, 5.41) is 17.0. The van der Waals surface area contributed by atoms with Crippen molar-refractivity contribution in [3.8, 4) is 0 Å². The highest BCUT2D eigenvalue weighted by Gasteiger charge is 2.38. The Kier molecular flexibility index (Phi) is 11.1. The van der Waals surface area contributed by atoms with Gasteiger partial charge in [0.1, 0.15) is 0 Å². The molecular formula is C28H31F3N2O6S. The molecule has 0 aromatic heterocycles. The largest absolute Gasteiger partial charge is 0.490 e. The Labute approximate surface area is 231 Å². The van der Waals surface area contributed by atoms with Crippen molar-refractivity contribution in [2.45, 2.75) is 51.2 Å². The van der Waals surface area contributed by atoms with Crippen molar-refractivity contribution < 1.29 is 41.4 Å². The van der Waals surface area contributed by atoms with Gasteiger partial charge < -0.3 is 15.1 Å². The first-order valence-corrected chi connectivity index (χ1v) is 13.7. The molecular weight excluding hydrogens is 549 g/mol. The molecule has 0 aliphatic heterocycles. The van der Waals surface area contributed by atoms with Crippen LogP contribution in [0.5, 0.6) is 0 Å². The lowest BCUT2D eigenvalue weighted by molar-refractivity contribution is -0.192. The second kappa shape index (κ2) is 13.8. The average molecular weight is 581 g/mol. The van der Waals surface area contributed by atoms with E-state index in [4.69, 9.17) is 9.90 Å². The minimum atomic E-state index is -5.08. The van der Waals surface area contributed by atoms with Crippen molar-refractivity contribution in [1.29, 1.82) is 0 Å². The van der Waals surface area contributed by atoms with Crippen LogP contribution in [-0.2, 0) is 21.4 Å². The van der Waals surface area contributed by atoms with Crippen molar-refractivity contribution in [2.24, 2.45) is 0 Å². The van der Waals surface area contributed by atoms with Crippen LogP contribution in [0.25, 0.3) is 0 Å². The molecule has 0 bridgehead atoms. The summed E-state index contributed by atoms with van der Waals surface area (Å²) in [7, 11) is -3.86. The third-order valence-corrected chi connectivity index (χ3v) is 7.22. The van der Waals surface area contributed by atoms with Crippen LogP contribution in [0.2, 0.25) is 0 Å². The molecule has 3 aromatic rings. The standard InChI is InChI=1S/C26H30N2O4S.C2HF3O2/c1-4-5-15-28(18-21-9-7-6-8-10-21)24-13-12-22(17-23(24)26(29)30)27-33(31,32)25-14-11-19(2)16-20(25)3;3-2(4,5)1(6)7/h6-14,16-17,27H,4-5,15,18H2,1-3H3,(H,29,30);(H,6,7). The number of nitrogens with zero attached hydrogens (tertiary/aromatic N) is 1. The Hall–Kier alpha value is -4.06. The number of aromatic carboxylic acids is 1. The maximum absolute atomic E-state index is 12.9. The molecule has 216 valence electrons. The van der Waals surface area contributed by atoms with Gasteiger partial charge in [0.15, 0.2) is 0 Å². The lowest BCUT2D eigenvalue weighted by Gasteiger charge is -2.27. The number of rotatable bonds is 10. The minimum absolute atomic E-state index is 0.0582. The predicted octanol–water partition coefficient (Wildman–Crippen LogP) is 6.24. The van der Waals surface area contributed by atoms with E-state index in [0.717, 1.165) is 24.0 Å². The molecule has 0 spiro atoms. The Bertz CT molecular complexity index is 1430. The number of halogens is 3. The van der Waals surface area contributed by atoms with Crippen LogP contribution in [0.3, 0.4) is 0 Å². The molecule has 0 saturated carbocycles. The molecule has 0 unspecified atom stereocenters. The van der Waals surface area contributed by atoms with Crippen LogP contribution in [0, 0.1) is 13.8 Å². The number of anilines is 2. The molecule has 0 atom stereocenters. The van der Waals surface area contributed by atoms with Gasteiger partial charge in [-0.15, -0.1) is 0 Å². The van der Waals surface area contributed by atoms with Crippen LogP contribution in [0.15, 0.2) is 71.6 Å². The van der Waals surface area contributed by atoms with Crippen LogP contribution < -0.4 is 9.62 Å². The van der Waals surface area contributed by atoms with E-state index in [2.05, 4.69) is 11.6 Å². The Morgan fingerprint density at radius 2 is 1.57 bits per heavy atom. The van der Waals surface area contributed by atoms with Crippen LogP contribution in [0.4, 0.5) is 24.5 Å². The summed E-state index contributed by atoms with van der Waals surface area (Å²) in [6.45, 7) is 6.98. The van der Waals surface area contributed by atoms with Gasteiger partial charge in [-0.3, -0.25) is 4.72 Å². The van der Waals surface area contributed by atoms with Gasteiger partial charge in [0, 0.05) is 18.8 Å². The molecule has 3 aromatic carbocycles. The summed E-state index contributed by atoms with van der Waals surface area (Å²) in [5.41, 5.74) is 3.51. The molecule has 3 rings (SSSR count). The fourth-order valence-corrected chi connectivity index (χ4v) is 5.07. The van der Waals surface area contributed by atoms with E-state index < -0.39 is 28.1 Å². The fourth-order valence-electron chi connectivity index (χ4n) is 3.80. The van der Waals surface area contributed by atoms with Crippen molar-refractivity contribution >= 4 is 33.3 Å². The number of aryl methyl sites for hydroxylation is 2. The maximum atomic E-state index is 12.9. The number of hydrogen-bond acceptors (Lipinski definition) is 5. The van der Waals surface area contributed by atoms with Crippen molar-refractivity contribution in [3.05, 3.63) is 89.0 Å². The Balaban J connectivity index is 0.000000708. The van der Waals surface area contributed by atoms with Gasteiger partial charge in [0.25, 0.3) is 10.0 Å². The number of carboxylic acids is 2. The number of unbranched alkanes of at least 4 members (excludes halogenated alkanes) is 1. The van der Waals surface area contributed by atoms with E-state index in [1.54, 1.807) is 37.3 Å². The topological polar surface area (TPSA) is 124 Å². The average Bonchev–Trinajstić information content (AvgIpc) is 2.86. The van der Waals surface area contributed by atoms with Gasteiger partial charge in [0.05, 0.1) is 16.1 Å². The first-order chi connectivity index (χ1) is 18.7. The molecule has 12 heteroatoms. The number of nitrogens with one attached hydrogen (secondary N) is 1. The van der Waals surface area contributed by atoms with E-state index in [0.29, 0.717) is 24.3 Å². The lowest BCUT2D eigenvalue weighted by Crippen LogP contribution is -2.26. The number of benzene rings is 3. The van der Waals surface area contributed by atoms with E-state index >= 15 is 0 Å². The van der Waals surface area contributed by atoms with E-state index in [1.807, 2.05) is 42.2 Å². The second-order valence-electron chi connectivity index (χ2n) is 8.98. The fraction of sp³-hybridized carbons (Fsp3) is 0.286. The molecule has 0 aliphatic rings. The molecule has 0 fully saturated rings. The van der Waals surface area contributed by atoms with E-state index in [1.165, 1.54) is 6.07 Å². The van der Waals surface area contributed by atoms with Crippen molar-refractivity contribution in [1.82, 2.24) is 0 Å². The van der Waals surface area contributed by atoms with E-state index in [-0.39, 0.29) is 16.1 Å². The van der Waals surface area contributed by atoms with Crippen molar-refractivity contribution in [2.75, 3.05) is 16.2 Å². The normalized spacial score (nSPS) is 11.2. The number of carboxylic acid groups (broad SMARTS) is 2. The summed E-state index contributed by atoms with van der Waals surface area (Å²) in [6.07, 6.45) is -3.20. The summed E-state index contributed by atoms with van der Waals surface area (Å²) in [4.78, 5) is 23.2. The SMILES string of the molecule is CCCCN(Cc1ccccc1)c1ccc(NS(=O)(=O)c2ccc(C)cc2C)cc1C(=O)O.O=C(O)C(F)(F)F. The van der Waals surface area contributed by atoms with Crippen molar-refractivity contribution in [3.63, 3.8) is 0 Å². The molecule has 0 radical (unpaired) electrons. The zero-order valence-corrected chi connectivity index (χ0v) is 23.0. The molecule has 0 amide bonds. The molecule has 3 N–H and O–H groups in total. The summed E-state index contributed by atoms with van der Waals surface area (Å²) < 4.78 is 60.2. The van der Waals surface area contributed by atoms with Gasteiger partial charge in [-0.05, 0) is 55.7 Å². The first-order valence-electron chi connectivity index (χ1n) is 12.2. The monoisotopic (exact) mass is 580 g/mol. The first kappa shape index (κ1) is 32.2. The number of hydrogen-bond donors (Lipinski definition) is 3.